The number of nitrogens with zero attached hydrogens (tertiary/aromatic N) is 3. The summed E-state index contributed by atoms with van der Waals surface area (Å²) in [5.41, 5.74) is 2.70. The molecule has 3 heterocycles. The van der Waals surface area contributed by atoms with Crippen LogP contribution >= 0.6 is 11.3 Å². The fourth-order valence-electron chi connectivity index (χ4n) is 3.77. The predicted octanol–water partition coefficient (Wildman–Crippen LogP) is 2.65. The summed E-state index contributed by atoms with van der Waals surface area (Å²) >= 11 is 1.38. The third-order valence-electron chi connectivity index (χ3n) is 4.99. The van der Waals surface area contributed by atoms with E-state index in [0.717, 1.165) is 25.2 Å². The van der Waals surface area contributed by atoms with Gasteiger partial charge in [0.2, 0.25) is 0 Å². The van der Waals surface area contributed by atoms with Crippen LogP contribution in [0.25, 0.3) is 0 Å². The number of benzene rings is 1. The van der Waals surface area contributed by atoms with Crippen molar-refractivity contribution in [2.24, 2.45) is 5.92 Å². The molecule has 0 radical (unpaired) electrons. The zero-order chi connectivity index (χ0) is 17.2. The van der Waals surface area contributed by atoms with Crippen LogP contribution in [0.2, 0.25) is 0 Å². The average molecular weight is 361 g/mol. The monoisotopic (exact) mass is 361 g/mol. The summed E-state index contributed by atoms with van der Waals surface area (Å²) in [6.45, 7) is 3.48. The molecule has 5 nitrogen and oxygen atoms in total. The SMILES string of the molecule is O=C(c1cncs1)N1CC[C@H]2[C@@H](COCCN2c2ccc(F)cc2)C1. The van der Waals surface area contributed by atoms with E-state index in [-0.39, 0.29) is 17.6 Å². The summed E-state index contributed by atoms with van der Waals surface area (Å²) in [5.74, 6) is 0.0769. The van der Waals surface area contributed by atoms with Gasteiger partial charge in [-0.2, -0.15) is 0 Å². The van der Waals surface area contributed by atoms with E-state index in [4.69, 9.17) is 4.74 Å². The molecule has 0 aliphatic carbocycles. The van der Waals surface area contributed by atoms with Crippen molar-refractivity contribution in [2.45, 2.75) is 12.5 Å². The van der Waals surface area contributed by atoms with Gasteiger partial charge in [-0.1, -0.05) is 0 Å². The van der Waals surface area contributed by atoms with Crippen molar-refractivity contribution in [2.75, 3.05) is 37.7 Å². The van der Waals surface area contributed by atoms with Crippen molar-refractivity contribution in [1.82, 2.24) is 9.88 Å². The van der Waals surface area contributed by atoms with Gasteiger partial charge >= 0.3 is 0 Å². The average Bonchev–Trinajstić information content (AvgIpc) is 3.09. The number of carbonyl (C=O) groups excluding carboxylic acids is 1. The lowest BCUT2D eigenvalue weighted by Gasteiger charge is -2.43. The number of fused-ring (bicyclic) bond motifs is 1. The highest BCUT2D eigenvalue weighted by atomic mass is 32.1. The molecule has 4 rings (SSSR count). The summed E-state index contributed by atoms with van der Waals surface area (Å²) in [6, 6.07) is 6.95. The van der Waals surface area contributed by atoms with Crippen LogP contribution in [0.5, 0.6) is 0 Å². The number of likely N-dealkylation sites (tertiary alicyclic amines) is 1. The zero-order valence-electron chi connectivity index (χ0n) is 13.8. The molecule has 2 aliphatic heterocycles. The van der Waals surface area contributed by atoms with Crippen LogP contribution in [0, 0.1) is 11.7 Å². The van der Waals surface area contributed by atoms with Crippen LogP contribution in [-0.2, 0) is 4.74 Å². The van der Waals surface area contributed by atoms with E-state index in [1.165, 1.54) is 23.5 Å². The normalized spacial score (nSPS) is 23.9. The second-order valence-electron chi connectivity index (χ2n) is 6.48. The molecule has 0 saturated carbocycles. The molecule has 1 amide bonds. The Morgan fingerprint density at radius 2 is 2.12 bits per heavy atom. The van der Waals surface area contributed by atoms with Crippen molar-refractivity contribution in [3.8, 4) is 0 Å². The molecule has 25 heavy (non-hydrogen) atoms. The summed E-state index contributed by atoms with van der Waals surface area (Å²) in [4.78, 5) is 21.5. The number of hydrogen-bond acceptors (Lipinski definition) is 5. The first kappa shape index (κ1) is 16.5. The molecule has 132 valence electrons. The van der Waals surface area contributed by atoms with Gasteiger partial charge in [0.05, 0.1) is 24.9 Å². The highest BCUT2D eigenvalue weighted by Gasteiger charge is 2.37. The minimum absolute atomic E-state index is 0.0542. The number of hydrogen-bond donors (Lipinski definition) is 0. The van der Waals surface area contributed by atoms with Crippen molar-refractivity contribution in [1.29, 1.82) is 0 Å². The van der Waals surface area contributed by atoms with Crippen molar-refractivity contribution >= 4 is 22.9 Å². The van der Waals surface area contributed by atoms with Gasteiger partial charge in [-0.3, -0.25) is 9.78 Å². The number of carbonyl (C=O) groups is 1. The Kier molecular flexibility index (Phi) is 4.67. The van der Waals surface area contributed by atoms with Crippen LogP contribution in [-0.4, -0.2) is 54.7 Å². The molecule has 0 N–H and O–H groups in total. The molecule has 1 aromatic heterocycles. The van der Waals surface area contributed by atoms with Crippen molar-refractivity contribution in [3.63, 3.8) is 0 Å². The second kappa shape index (κ2) is 7.09. The first-order valence-corrected chi connectivity index (χ1v) is 9.38. The predicted molar refractivity (Wildman–Crippen MR) is 94.5 cm³/mol. The molecule has 0 spiro atoms. The maximum absolute atomic E-state index is 13.3. The molecule has 2 atom stereocenters. The van der Waals surface area contributed by atoms with Gasteiger partial charge in [0, 0.05) is 37.3 Å². The fourth-order valence-corrected chi connectivity index (χ4v) is 4.36. The Bertz CT molecular complexity index is 722. The maximum Gasteiger partial charge on any atom is 0.265 e. The van der Waals surface area contributed by atoms with Crippen LogP contribution in [0.4, 0.5) is 10.1 Å². The molecule has 0 unspecified atom stereocenters. The molecule has 2 aliphatic rings. The van der Waals surface area contributed by atoms with E-state index in [9.17, 15) is 9.18 Å². The van der Waals surface area contributed by atoms with Gasteiger partial charge in [0.1, 0.15) is 10.7 Å². The summed E-state index contributed by atoms with van der Waals surface area (Å²) in [5, 5.41) is 0. The lowest BCUT2D eigenvalue weighted by molar-refractivity contribution is 0.0524. The minimum Gasteiger partial charge on any atom is -0.379 e. The Balaban J connectivity index is 1.52. The smallest absolute Gasteiger partial charge is 0.265 e. The highest BCUT2D eigenvalue weighted by molar-refractivity contribution is 7.11. The van der Waals surface area contributed by atoms with Crippen LogP contribution in [0.3, 0.4) is 0 Å². The number of ether oxygens (including phenoxy) is 1. The van der Waals surface area contributed by atoms with E-state index in [1.54, 1.807) is 11.7 Å². The van der Waals surface area contributed by atoms with Gasteiger partial charge in [-0.25, -0.2) is 4.39 Å². The summed E-state index contributed by atoms with van der Waals surface area (Å²) < 4.78 is 19.0. The standard InChI is InChI=1S/C18H20FN3O2S/c19-14-1-3-15(4-2-14)22-7-8-24-11-13-10-21(6-5-16(13)22)18(23)17-9-20-12-25-17/h1-4,9,12-13,16H,5-8,10-11H2/t13-,16+/m1/s1. The molecular weight excluding hydrogens is 341 g/mol. The molecular formula is C18H20FN3O2S. The quantitative estimate of drug-likeness (QED) is 0.825. The van der Waals surface area contributed by atoms with Crippen molar-refractivity contribution in [3.05, 3.63) is 46.7 Å². The van der Waals surface area contributed by atoms with E-state index in [0.29, 0.717) is 30.7 Å². The van der Waals surface area contributed by atoms with Crippen molar-refractivity contribution < 1.29 is 13.9 Å². The highest BCUT2D eigenvalue weighted by Crippen LogP contribution is 2.30. The molecule has 7 heteroatoms. The van der Waals surface area contributed by atoms with Gasteiger partial charge < -0.3 is 14.5 Å². The number of anilines is 1. The zero-order valence-corrected chi connectivity index (χ0v) is 14.6. The number of rotatable bonds is 2. The summed E-state index contributed by atoms with van der Waals surface area (Å²) in [7, 11) is 0. The Morgan fingerprint density at radius 1 is 1.28 bits per heavy atom. The van der Waals surface area contributed by atoms with Crippen LogP contribution in [0.1, 0.15) is 16.1 Å². The first-order valence-electron chi connectivity index (χ1n) is 8.50. The Labute approximate surface area is 150 Å². The molecule has 0 bridgehead atoms. The molecule has 2 fully saturated rings. The van der Waals surface area contributed by atoms with E-state index < -0.39 is 0 Å². The third-order valence-corrected chi connectivity index (χ3v) is 5.75. The Hall–Kier alpha value is -1.99. The van der Waals surface area contributed by atoms with Gasteiger partial charge in [-0.05, 0) is 30.7 Å². The number of halogens is 1. The lowest BCUT2D eigenvalue weighted by atomic mass is 9.91. The van der Waals surface area contributed by atoms with Gasteiger partial charge in [-0.15, -0.1) is 11.3 Å². The van der Waals surface area contributed by atoms with E-state index in [2.05, 4.69) is 9.88 Å². The fraction of sp³-hybridized carbons (Fsp3) is 0.444. The minimum atomic E-state index is -0.226. The largest absolute Gasteiger partial charge is 0.379 e. The topological polar surface area (TPSA) is 45.7 Å². The molecule has 1 aromatic carbocycles. The molecule has 2 saturated heterocycles. The first-order chi connectivity index (χ1) is 12.2. The van der Waals surface area contributed by atoms with Crippen LogP contribution in [0.15, 0.2) is 36.0 Å². The van der Waals surface area contributed by atoms with E-state index >= 15 is 0 Å². The number of amides is 1. The third kappa shape index (κ3) is 3.39. The number of piperidine rings is 1. The van der Waals surface area contributed by atoms with E-state index in [1.807, 2.05) is 17.0 Å². The Morgan fingerprint density at radius 3 is 2.88 bits per heavy atom. The number of aromatic nitrogens is 1. The van der Waals surface area contributed by atoms with Crippen LogP contribution < -0.4 is 4.90 Å². The lowest BCUT2D eigenvalue weighted by Crippen LogP contribution is -2.53. The number of thiazole rings is 1. The van der Waals surface area contributed by atoms with Gasteiger partial charge in [0.25, 0.3) is 5.91 Å². The van der Waals surface area contributed by atoms with Gasteiger partial charge in [0.15, 0.2) is 0 Å². The second-order valence-corrected chi connectivity index (χ2v) is 7.36. The maximum atomic E-state index is 13.3. The molecule has 2 aromatic rings. The summed E-state index contributed by atoms with van der Waals surface area (Å²) in [6.07, 6.45) is 2.52.